The number of allylic oxidation sites excluding steroid dienone is 3. The maximum atomic E-state index is 14.0. The van der Waals surface area contributed by atoms with Crippen LogP contribution in [0.5, 0.6) is 11.6 Å². The van der Waals surface area contributed by atoms with Crippen molar-refractivity contribution in [2.45, 2.75) is 78.0 Å². The number of likely N-dealkylation sites (tertiary alicyclic amines) is 2. The van der Waals surface area contributed by atoms with Gasteiger partial charge in [-0.25, -0.2) is 4.98 Å². The summed E-state index contributed by atoms with van der Waals surface area (Å²) in [5.41, 5.74) is 15.4. The number of rotatable bonds is 10. The lowest BCUT2D eigenvalue weighted by Crippen LogP contribution is -2.55. The van der Waals surface area contributed by atoms with Gasteiger partial charge in [0.1, 0.15) is 23.7 Å². The molecule has 0 bridgehead atoms. The average molecular weight is 606 g/mol. The number of amides is 2. The molecule has 2 amide bonds. The van der Waals surface area contributed by atoms with Gasteiger partial charge in [0.05, 0.1) is 18.5 Å². The van der Waals surface area contributed by atoms with Crippen molar-refractivity contribution in [3.8, 4) is 11.6 Å². The van der Waals surface area contributed by atoms with Gasteiger partial charge in [-0.05, 0) is 85.0 Å². The molecule has 44 heavy (non-hydrogen) atoms. The summed E-state index contributed by atoms with van der Waals surface area (Å²) in [5, 5.41) is 0. The fourth-order valence-electron chi connectivity index (χ4n) is 6.51. The Morgan fingerprint density at radius 2 is 1.98 bits per heavy atom. The highest BCUT2D eigenvalue weighted by molar-refractivity contribution is 6.06. The fourth-order valence-corrected chi connectivity index (χ4v) is 6.51. The van der Waals surface area contributed by atoms with Gasteiger partial charge in [0.15, 0.2) is 5.84 Å². The van der Waals surface area contributed by atoms with Gasteiger partial charge in [0.25, 0.3) is 5.91 Å². The molecule has 2 aliphatic heterocycles. The monoisotopic (exact) mass is 605 g/mol. The molecule has 4 N–H and O–H groups in total. The summed E-state index contributed by atoms with van der Waals surface area (Å²) in [7, 11) is 3.77. The first kappa shape index (κ1) is 32.9. The molecule has 0 radical (unpaired) electrons. The first-order valence-electron chi connectivity index (χ1n) is 15.3. The zero-order valence-electron chi connectivity index (χ0n) is 26.9. The highest BCUT2D eigenvalue weighted by Crippen LogP contribution is 2.45. The predicted molar refractivity (Wildman–Crippen MR) is 173 cm³/mol. The summed E-state index contributed by atoms with van der Waals surface area (Å²) < 4.78 is 12.5. The molecule has 0 saturated carbocycles. The van der Waals surface area contributed by atoms with Gasteiger partial charge in [-0.1, -0.05) is 12.2 Å². The van der Waals surface area contributed by atoms with E-state index >= 15 is 0 Å². The van der Waals surface area contributed by atoms with E-state index < -0.39 is 5.41 Å². The number of aromatic nitrogens is 1. The first-order chi connectivity index (χ1) is 20.9. The molecule has 0 spiro atoms. The Bertz CT molecular complexity index is 1400. The summed E-state index contributed by atoms with van der Waals surface area (Å²) in [6.07, 6.45) is 7.10. The number of nitrogens with two attached hydrogens (primary N) is 2. The van der Waals surface area contributed by atoms with Crippen LogP contribution in [0, 0.1) is 5.41 Å². The number of hydrogen-bond acceptors (Lipinski definition) is 8. The minimum absolute atomic E-state index is 0.0315. The maximum absolute atomic E-state index is 14.0. The lowest BCUT2D eigenvalue weighted by molar-refractivity contribution is -0.134. The van der Waals surface area contributed by atoms with E-state index in [4.69, 9.17) is 20.9 Å². The number of amidine groups is 1. The molecule has 2 fully saturated rings. The van der Waals surface area contributed by atoms with Crippen LogP contribution in [0.1, 0.15) is 65.5 Å². The quantitative estimate of drug-likeness (QED) is 0.234. The third-order valence-electron chi connectivity index (χ3n) is 8.95. The standard InChI is InChI=1S/C33H47N7O4/c1-8-29(41)40-18-24(19-40)44-23-15-26(37-28(16-23)43-22(4)27-12-10-14-39(27)7)31(35)38-32(42)33(5)13-9-11-20(2)30(33)25(17-36-6)21(3)34/h8,15-17,22,24,27H,1,9-14,18-19,34H2,2-7H3,(H2,35,38,42)/b25-21+,36-17?/t22-,27-,33-/m0/s1. The highest BCUT2D eigenvalue weighted by Gasteiger charge is 2.42. The minimum Gasteiger partial charge on any atom is -0.486 e. The summed E-state index contributed by atoms with van der Waals surface area (Å²) in [6, 6.07) is 3.63. The van der Waals surface area contributed by atoms with Crippen LogP contribution in [0.3, 0.4) is 0 Å². The Morgan fingerprint density at radius 3 is 2.59 bits per heavy atom. The van der Waals surface area contributed by atoms with Crippen LogP contribution in [-0.4, -0.2) is 90.6 Å². The van der Waals surface area contributed by atoms with Gasteiger partial charge in [0.2, 0.25) is 11.8 Å². The van der Waals surface area contributed by atoms with E-state index in [1.807, 2.05) is 27.7 Å². The van der Waals surface area contributed by atoms with E-state index in [-0.39, 0.29) is 41.6 Å². The van der Waals surface area contributed by atoms with Crippen LogP contribution in [0.2, 0.25) is 0 Å². The number of carbonyl (C=O) groups is 2. The second-order valence-electron chi connectivity index (χ2n) is 12.4. The zero-order chi connectivity index (χ0) is 32.2. The molecule has 3 heterocycles. The Labute approximate surface area is 260 Å². The molecular formula is C33H47N7O4. The predicted octanol–water partition coefficient (Wildman–Crippen LogP) is 3.39. The van der Waals surface area contributed by atoms with Gasteiger partial charge >= 0.3 is 0 Å². The van der Waals surface area contributed by atoms with Crippen molar-refractivity contribution in [3.05, 3.63) is 52.9 Å². The summed E-state index contributed by atoms with van der Waals surface area (Å²) in [6.45, 7) is 13.2. The summed E-state index contributed by atoms with van der Waals surface area (Å²) in [5.74, 6) is 0.262. The molecule has 4 rings (SSSR count). The van der Waals surface area contributed by atoms with Crippen LogP contribution in [0.25, 0.3) is 0 Å². The molecule has 0 aromatic carbocycles. The highest BCUT2D eigenvalue weighted by atomic mass is 16.5. The second kappa shape index (κ2) is 13.8. The van der Waals surface area contributed by atoms with Crippen molar-refractivity contribution in [2.75, 3.05) is 33.7 Å². The number of nitrogens with zero attached hydrogens (tertiary/aromatic N) is 5. The minimum atomic E-state index is -0.938. The third-order valence-corrected chi connectivity index (χ3v) is 8.95. The van der Waals surface area contributed by atoms with Crippen LogP contribution in [-0.2, 0) is 9.59 Å². The van der Waals surface area contributed by atoms with E-state index in [2.05, 4.69) is 33.5 Å². The molecule has 1 aromatic rings. The van der Waals surface area contributed by atoms with Gasteiger partial charge in [0, 0.05) is 42.7 Å². The number of aliphatic imine (C=N–C) groups is 2. The van der Waals surface area contributed by atoms with E-state index in [1.165, 1.54) is 6.08 Å². The first-order valence-corrected chi connectivity index (χ1v) is 15.3. The van der Waals surface area contributed by atoms with E-state index in [1.54, 1.807) is 30.3 Å². The lowest BCUT2D eigenvalue weighted by Gasteiger charge is -2.38. The van der Waals surface area contributed by atoms with Crippen LogP contribution in [0.4, 0.5) is 0 Å². The molecule has 2 saturated heterocycles. The summed E-state index contributed by atoms with van der Waals surface area (Å²) in [4.78, 5) is 43.1. The second-order valence-corrected chi connectivity index (χ2v) is 12.4. The van der Waals surface area contributed by atoms with Crippen LogP contribution >= 0.6 is 0 Å². The number of pyridine rings is 1. The Kier molecular flexibility index (Phi) is 10.3. The molecule has 3 atom stereocenters. The van der Waals surface area contributed by atoms with Gasteiger partial charge in [-0.3, -0.25) is 19.5 Å². The molecule has 11 heteroatoms. The van der Waals surface area contributed by atoms with Crippen LogP contribution < -0.4 is 20.9 Å². The van der Waals surface area contributed by atoms with Gasteiger partial charge in [-0.15, -0.1) is 0 Å². The van der Waals surface area contributed by atoms with Crippen molar-refractivity contribution in [1.29, 1.82) is 0 Å². The number of ether oxygens (including phenoxy) is 2. The van der Waals surface area contributed by atoms with E-state index in [0.29, 0.717) is 36.8 Å². The average Bonchev–Trinajstić information content (AvgIpc) is 3.39. The van der Waals surface area contributed by atoms with E-state index in [9.17, 15) is 9.59 Å². The van der Waals surface area contributed by atoms with Crippen molar-refractivity contribution in [2.24, 2.45) is 26.9 Å². The number of hydrogen-bond donors (Lipinski definition) is 2. The molecule has 238 valence electrons. The SMILES string of the molecule is C=CC(=O)N1CC(Oc2cc(O[C@@H](C)[C@@H]3CCCN3C)nc(C(N)=NC(=O)[C@@]3(C)CCCC(C)=C3/C(C=NC)=C(\C)N)c2)C1. The number of carbonyl (C=O) groups excluding carboxylic acids is 2. The molecule has 1 aromatic heterocycles. The largest absolute Gasteiger partial charge is 0.486 e. The van der Waals surface area contributed by atoms with Crippen molar-refractivity contribution in [3.63, 3.8) is 0 Å². The Hall–Kier alpha value is -3.99. The van der Waals surface area contributed by atoms with Gasteiger partial charge < -0.3 is 25.8 Å². The Balaban J connectivity index is 1.66. The van der Waals surface area contributed by atoms with Crippen molar-refractivity contribution in [1.82, 2.24) is 14.8 Å². The summed E-state index contributed by atoms with van der Waals surface area (Å²) >= 11 is 0. The van der Waals surface area contributed by atoms with Crippen molar-refractivity contribution >= 4 is 23.9 Å². The molecule has 3 aliphatic rings. The smallest absolute Gasteiger partial charge is 0.258 e. The van der Waals surface area contributed by atoms with Crippen molar-refractivity contribution < 1.29 is 19.1 Å². The molecule has 0 unspecified atom stereocenters. The topological polar surface area (TPSA) is 149 Å². The van der Waals surface area contributed by atoms with Crippen LogP contribution in [0.15, 0.2) is 57.2 Å². The normalized spacial score (nSPS) is 24.6. The molecular weight excluding hydrogens is 558 g/mol. The third kappa shape index (κ3) is 7.04. The fraction of sp³-hybridized carbons (Fsp3) is 0.545. The maximum Gasteiger partial charge on any atom is 0.258 e. The number of likely N-dealkylation sites (N-methyl/N-ethyl adjacent to an activating group) is 1. The van der Waals surface area contributed by atoms with Gasteiger partial charge in [-0.2, -0.15) is 4.99 Å². The zero-order valence-corrected chi connectivity index (χ0v) is 26.9. The Morgan fingerprint density at radius 1 is 1.25 bits per heavy atom. The lowest BCUT2D eigenvalue weighted by atomic mass is 9.68. The molecule has 11 nitrogen and oxygen atoms in total. The van der Waals surface area contributed by atoms with E-state index in [0.717, 1.165) is 48.9 Å². The molecule has 1 aliphatic carbocycles.